The van der Waals surface area contributed by atoms with Crippen LogP contribution in [0.1, 0.15) is 20.8 Å². The molecule has 0 aliphatic heterocycles. The molecule has 3 nitrogen and oxygen atoms in total. The molecule has 0 radical (unpaired) electrons. The van der Waals surface area contributed by atoms with E-state index in [1.165, 1.54) is 13.0 Å². The number of nitro groups is 1. The van der Waals surface area contributed by atoms with Gasteiger partial charge in [-0.25, -0.2) is 8.78 Å². The number of nitrogens with zero attached hydrogens (tertiary/aromatic N) is 1. The fraction of sp³-hybridized carbons (Fsp3) is 0.500. The predicted octanol–water partition coefficient (Wildman–Crippen LogP) is 2.77. The van der Waals surface area contributed by atoms with Gasteiger partial charge in [0.25, 0.3) is 11.6 Å². The largest absolute Gasteiger partial charge is 0.266 e. The van der Waals surface area contributed by atoms with Gasteiger partial charge in [-0.1, -0.05) is 0 Å². The molecule has 0 unspecified atom stereocenters. The zero-order valence-electron chi connectivity index (χ0n) is 7.67. The van der Waals surface area contributed by atoms with Gasteiger partial charge in [0, 0.05) is 18.6 Å². The number of halogens is 2. The van der Waals surface area contributed by atoms with Crippen molar-refractivity contribution in [3.05, 3.63) is 33.5 Å². The molecule has 0 saturated carbocycles. The molecule has 0 saturated heterocycles. The van der Waals surface area contributed by atoms with Gasteiger partial charge in [0.05, 0.1) is 4.92 Å². The summed E-state index contributed by atoms with van der Waals surface area (Å²) in [6, 6.07) is 0. The highest BCUT2D eigenvalue weighted by Crippen LogP contribution is 2.23. The smallest absolute Gasteiger partial charge is 0.258 e. The average Bonchev–Trinajstić information content (AvgIpc) is 1.96. The Kier molecular flexibility index (Phi) is 3.71. The predicted molar refractivity (Wildman–Crippen MR) is 45.1 cm³/mol. The van der Waals surface area contributed by atoms with E-state index in [-0.39, 0.29) is 11.3 Å². The van der Waals surface area contributed by atoms with Crippen LogP contribution in [0.3, 0.4) is 0 Å². The van der Waals surface area contributed by atoms with Gasteiger partial charge < -0.3 is 0 Å². The Morgan fingerprint density at radius 2 is 2.00 bits per heavy atom. The van der Waals surface area contributed by atoms with Crippen molar-refractivity contribution < 1.29 is 13.7 Å². The molecule has 0 spiro atoms. The molecular formula is C8H11F2NO2. The van der Waals surface area contributed by atoms with Crippen molar-refractivity contribution in [1.82, 2.24) is 0 Å². The molecule has 0 aromatic rings. The zero-order chi connectivity index (χ0) is 10.6. The van der Waals surface area contributed by atoms with E-state index >= 15 is 0 Å². The highest BCUT2D eigenvalue weighted by atomic mass is 19.3. The average molecular weight is 191 g/mol. The van der Waals surface area contributed by atoms with E-state index in [4.69, 9.17) is 0 Å². The maximum Gasteiger partial charge on any atom is 0.266 e. The quantitative estimate of drug-likeness (QED) is 0.391. The zero-order valence-corrected chi connectivity index (χ0v) is 7.67. The van der Waals surface area contributed by atoms with Gasteiger partial charge in [-0.05, 0) is 19.9 Å². The molecule has 5 heteroatoms. The summed E-state index contributed by atoms with van der Waals surface area (Å²) >= 11 is 0. The summed E-state index contributed by atoms with van der Waals surface area (Å²) in [7, 11) is 0. The monoisotopic (exact) mass is 191 g/mol. The van der Waals surface area contributed by atoms with Crippen LogP contribution in [0.5, 0.6) is 0 Å². The molecule has 0 N–H and O–H groups in total. The number of rotatable bonds is 3. The van der Waals surface area contributed by atoms with Crippen LogP contribution in [-0.4, -0.2) is 10.8 Å². The second-order valence-corrected chi connectivity index (χ2v) is 2.69. The lowest BCUT2D eigenvalue weighted by atomic mass is 10.1. The van der Waals surface area contributed by atoms with Gasteiger partial charge >= 0.3 is 0 Å². The Labute approximate surface area is 74.9 Å². The summed E-state index contributed by atoms with van der Waals surface area (Å²) in [4.78, 5) is 9.54. The van der Waals surface area contributed by atoms with Crippen LogP contribution in [0.2, 0.25) is 0 Å². The van der Waals surface area contributed by atoms with E-state index in [0.29, 0.717) is 6.92 Å². The molecular weight excluding hydrogens is 180 g/mol. The number of hydrogen-bond donors (Lipinski definition) is 0. The standard InChI is InChI=1S/C8H11F2NO2/c1-4-7(11(12)13)5-6(2)8(3,9)10/h4-5H,1-3H3/b6-5+,7-4+. The molecule has 0 aromatic heterocycles. The van der Waals surface area contributed by atoms with Gasteiger partial charge in [0.1, 0.15) is 0 Å². The molecule has 13 heavy (non-hydrogen) atoms. The van der Waals surface area contributed by atoms with Crippen LogP contribution in [0, 0.1) is 10.1 Å². The third kappa shape index (κ3) is 3.78. The SMILES string of the molecule is C/C=C(\C=C(/C)C(C)(F)F)[N+](=O)[O-]. The lowest BCUT2D eigenvalue weighted by Crippen LogP contribution is -2.12. The van der Waals surface area contributed by atoms with Crippen LogP contribution in [0.25, 0.3) is 0 Å². The molecule has 74 valence electrons. The third-order valence-corrected chi connectivity index (χ3v) is 1.56. The van der Waals surface area contributed by atoms with Crippen molar-refractivity contribution in [3.63, 3.8) is 0 Å². The second-order valence-electron chi connectivity index (χ2n) is 2.69. The van der Waals surface area contributed by atoms with Crippen LogP contribution in [0.4, 0.5) is 8.78 Å². The van der Waals surface area contributed by atoms with E-state index in [2.05, 4.69) is 0 Å². The maximum absolute atomic E-state index is 12.6. The van der Waals surface area contributed by atoms with E-state index in [0.717, 1.165) is 13.0 Å². The van der Waals surface area contributed by atoms with Gasteiger partial charge in [0.2, 0.25) is 0 Å². The molecule has 0 atom stereocenters. The summed E-state index contributed by atoms with van der Waals surface area (Å²) in [5.74, 6) is -3.01. The minimum absolute atomic E-state index is 0.320. The van der Waals surface area contributed by atoms with Crippen molar-refractivity contribution in [2.45, 2.75) is 26.7 Å². The Morgan fingerprint density at radius 1 is 1.54 bits per heavy atom. The first-order valence-electron chi connectivity index (χ1n) is 3.66. The van der Waals surface area contributed by atoms with Gasteiger partial charge in [-0.2, -0.15) is 0 Å². The van der Waals surface area contributed by atoms with Crippen LogP contribution in [-0.2, 0) is 0 Å². The topological polar surface area (TPSA) is 43.1 Å². The summed E-state index contributed by atoms with van der Waals surface area (Å²) < 4.78 is 25.1. The number of hydrogen-bond acceptors (Lipinski definition) is 2. The fourth-order valence-electron chi connectivity index (χ4n) is 0.590. The Morgan fingerprint density at radius 3 is 2.23 bits per heavy atom. The van der Waals surface area contributed by atoms with Gasteiger partial charge in [-0.15, -0.1) is 0 Å². The first-order chi connectivity index (χ1) is 5.79. The van der Waals surface area contributed by atoms with Gasteiger partial charge in [-0.3, -0.25) is 10.1 Å². The summed E-state index contributed by atoms with van der Waals surface area (Å²) in [5, 5.41) is 10.2. The van der Waals surface area contributed by atoms with E-state index in [9.17, 15) is 18.9 Å². The lowest BCUT2D eigenvalue weighted by molar-refractivity contribution is -0.419. The molecule has 0 aromatic carbocycles. The molecule has 0 amide bonds. The van der Waals surface area contributed by atoms with Crippen molar-refractivity contribution >= 4 is 0 Å². The normalized spacial score (nSPS) is 14.5. The van der Waals surface area contributed by atoms with E-state index in [1.54, 1.807) is 0 Å². The molecule has 0 aliphatic carbocycles. The lowest BCUT2D eigenvalue weighted by Gasteiger charge is -2.09. The molecule has 0 bridgehead atoms. The summed E-state index contributed by atoms with van der Waals surface area (Å²) in [5.41, 5.74) is -0.642. The number of alkyl halides is 2. The van der Waals surface area contributed by atoms with E-state index < -0.39 is 10.8 Å². The van der Waals surface area contributed by atoms with Gasteiger partial charge in [0.15, 0.2) is 0 Å². The van der Waals surface area contributed by atoms with Crippen molar-refractivity contribution in [3.8, 4) is 0 Å². The summed E-state index contributed by atoms with van der Waals surface area (Å²) in [6.07, 6.45) is 2.05. The van der Waals surface area contributed by atoms with Crippen LogP contribution < -0.4 is 0 Å². The second kappa shape index (κ2) is 4.11. The van der Waals surface area contributed by atoms with Crippen molar-refractivity contribution in [2.24, 2.45) is 0 Å². The molecule has 0 rings (SSSR count). The van der Waals surface area contributed by atoms with Crippen molar-refractivity contribution in [2.75, 3.05) is 0 Å². The molecule has 0 fully saturated rings. The molecule has 0 heterocycles. The minimum Gasteiger partial charge on any atom is -0.258 e. The summed E-state index contributed by atoms with van der Waals surface area (Å²) in [6.45, 7) is 3.29. The maximum atomic E-state index is 12.6. The Hall–Kier alpha value is -1.26. The highest BCUT2D eigenvalue weighted by Gasteiger charge is 2.25. The van der Waals surface area contributed by atoms with Crippen LogP contribution in [0.15, 0.2) is 23.4 Å². The third-order valence-electron chi connectivity index (χ3n) is 1.56. The molecule has 0 aliphatic rings. The number of allylic oxidation sites excluding steroid dienone is 3. The van der Waals surface area contributed by atoms with E-state index in [1.807, 2.05) is 0 Å². The van der Waals surface area contributed by atoms with Crippen LogP contribution >= 0.6 is 0 Å². The minimum atomic E-state index is -3.01. The van der Waals surface area contributed by atoms with Crippen molar-refractivity contribution in [1.29, 1.82) is 0 Å². The highest BCUT2D eigenvalue weighted by molar-refractivity contribution is 5.20. The Bertz CT molecular complexity index is 264. The first-order valence-corrected chi connectivity index (χ1v) is 3.66. The fourth-order valence-corrected chi connectivity index (χ4v) is 0.590. The first kappa shape index (κ1) is 11.7. The Balaban J connectivity index is 4.85.